The standard InChI is InChI=1S/C26H28F8N2O6/c1-2-40-21(22(37)38)15-17-7-9-20(10-8-17)41-14-12-36(11-4-13-42-26(33,34)25(30,31)32)23(39)35-19-6-3-5-18(16-19)24(27,28)29/h3,5-10,16,21H,2,4,11-15H2,1H3,(H,35,39)(H,37,38). The Bertz CT molecular complexity index is 1160. The minimum absolute atomic E-state index is 0.0857. The monoisotopic (exact) mass is 616 g/mol. The van der Waals surface area contributed by atoms with E-state index >= 15 is 0 Å². The van der Waals surface area contributed by atoms with Crippen LogP contribution in [0.5, 0.6) is 5.75 Å². The van der Waals surface area contributed by atoms with E-state index in [1.54, 1.807) is 19.1 Å². The Morgan fingerprint density at radius 2 is 1.62 bits per heavy atom. The Labute approximate surface area is 235 Å². The molecule has 0 saturated heterocycles. The van der Waals surface area contributed by atoms with E-state index in [2.05, 4.69) is 10.1 Å². The maximum Gasteiger partial charge on any atom is 0.482 e. The molecule has 16 heteroatoms. The predicted molar refractivity (Wildman–Crippen MR) is 132 cm³/mol. The number of anilines is 1. The summed E-state index contributed by atoms with van der Waals surface area (Å²) in [4.78, 5) is 25.0. The lowest BCUT2D eigenvalue weighted by atomic mass is 10.1. The highest BCUT2D eigenvalue weighted by Crippen LogP contribution is 2.36. The van der Waals surface area contributed by atoms with Gasteiger partial charge in [-0.1, -0.05) is 18.2 Å². The van der Waals surface area contributed by atoms with Crippen molar-refractivity contribution in [2.45, 2.75) is 44.3 Å². The van der Waals surface area contributed by atoms with Crippen molar-refractivity contribution >= 4 is 17.7 Å². The molecule has 0 aliphatic rings. The van der Waals surface area contributed by atoms with Crippen molar-refractivity contribution in [3.63, 3.8) is 0 Å². The first-order valence-corrected chi connectivity index (χ1v) is 12.4. The van der Waals surface area contributed by atoms with Crippen molar-refractivity contribution in [2.75, 3.05) is 38.2 Å². The van der Waals surface area contributed by atoms with E-state index in [0.717, 1.165) is 17.0 Å². The Hall–Kier alpha value is -3.66. The zero-order valence-corrected chi connectivity index (χ0v) is 22.1. The number of carboxylic acid groups (broad SMARTS) is 1. The van der Waals surface area contributed by atoms with E-state index in [4.69, 9.17) is 9.47 Å². The smallest absolute Gasteiger partial charge is 0.482 e. The van der Waals surface area contributed by atoms with E-state index in [1.807, 2.05) is 0 Å². The predicted octanol–water partition coefficient (Wildman–Crippen LogP) is 6.21. The molecule has 2 aromatic rings. The molecule has 0 radical (unpaired) electrons. The van der Waals surface area contributed by atoms with Crippen LogP contribution in [0.15, 0.2) is 48.5 Å². The number of carboxylic acids is 1. The van der Waals surface area contributed by atoms with Gasteiger partial charge < -0.3 is 29.5 Å². The summed E-state index contributed by atoms with van der Waals surface area (Å²) in [7, 11) is 0. The molecule has 8 nitrogen and oxygen atoms in total. The molecule has 2 aromatic carbocycles. The first-order chi connectivity index (χ1) is 19.5. The number of amides is 2. The molecule has 2 N–H and O–H groups in total. The van der Waals surface area contributed by atoms with Crippen LogP contribution in [-0.2, 0) is 26.9 Å². The summed E-state index contributed by atoms with van der Waals surface area (Å²) in [5, 5.41) is 11.4. The molecule has 0 aliphatic carbocycles. The van der Waals surface area contributed by atoms with Gasteiger partial charge in [0.2, 0.25) is 0 Å². The molecule has 0 spiro atoms. The van der Waals surface area contributed by atoms with E-state index in [0.29, 0.717) is 17.4 Å². The van der Waals surface area contributed by atoms with Gasteiger partial charge in [0, 0.05) is 25.3 Å². The summed E-state index contributed by atoms with van der Waals surface area (Å²) in [6, 6.07) is 8.91. The van der Waals surface area contributed by atoms with Crippen molar-refractivity contribution in [1.29, 1.82) is 0 Å². The number of rotatable bonds is 15. The molecule has 0 aromatic heterocycles. The number of benzene rings is 2. The van der Waals surface area contributed by atoms with Gasteiger partial charge in [-0.05, 0) is 49.2 Å². The van der Waals surface area contributed by atoms with Crippen LogP contribution < -0.4 is 10.1 Å². The van der Waals surface area contributed by atoms with Crippen molar-refractivity contribution in [3.8, 4) is 5.75 Å². The van der Waals surface area contributed by atoms with Gasteiger partial charge in [0.05, 0.1) is 18.7 Å². The maximum atomic E-state index is 13.0. The van der Waals surface area contributed by atoms with Crippen molar-refractivity contribution in [3.05, 3.63) is 59.7 Å². The van der Waals surface area contributed by atoms with Crippen LogP contribution in [0, 0.1) is 0 Å². The van der Waals surface area contributed by atoms with E-state index in [-0.39, 0.29) is 31.9 Å². The third-order valence-electron chi connectivity index (χ3n) is 5.53. The summed E-state index contributed by atoms with van der Waals surface area (Å²) >= 11 is 0. The molecule has 42 heavy (non-hydrogen) atoms. The minimum atomic E-state index is -5.94. The summed E-state index contributed by atoms with van der Waals surface area (Å²) in [5.74, 6) is -0.832. The fourth-order valence-corrected chi connectivity index (χ4v) is 3.46. The van der Waals surface area contributed by atoms with Crippen LogP contribution in [0.25, 0.3) is 0 Å². The molecule has 0 fully saturated rings. The van der Waals surface area contributed by atoms with E-state index in [9.17, 15) is 49.8 Å². The molecule has 1 unspecified atom stereocenters. The molecular weight excluding hydrogens is 588 g/mol. The fourth-order valence-electron chi connectivity index (χ4n) is 3.46. The van der Waals surface area contributed by atoms with Gasteiger partial charge in [-0.15, -0.1) is 0 Å². The fraction of sp³-hybridized carbons (Fsp3) is 0.462. The number of alkyl halides is 8. The lowest BCUT2D eigenvalue weighted by molar-refractivity contribution is -0.391. The topological polar surface area (TPSA) is 97.3 Å². The summed E-state index contributed by atoms with van der Waals surface area (Å²) < 4.78 is 116. The minimum Gasteiger partial charge on any atom is -0.492 e. The maximum absolute atomic E-state index is 13.0. The zero-order valence-electron chi connectivity index (χ0n) is 22.1. The first-order valence-electron chi connectivity index (χ1n) is 12.4. The lowest BCUT2D eigenvalue weighted by Gasteiger charge is -2.24. The van der Waals surface area contributed by atoms with Gasteiger partial charge in [-0.25, -0.2) is 9.59 Å². The summed E-state index contributed by atoms with van der Waals surface area (Å²) in [6.45, 7) is -0.0800. The third kappa shape index (κ3) is 11.0. The molecule has 0 aliphatic heterocycles. The second-order valence-corrected chi connectivity index (χ2v) is 8.69. The van der Waals surface area contributed by atoms with Gasteiger partial charge in [-0.3, -0.25) is 0 Å². The molecule has 0 bridgehead atoms. The highest BCUT2D eigenvalue weighted by atomic mass is 19.4. The average Bonchev–Trinajstić information content (AvgIpc) is 2.89. The number of hydrogen-bond donors (Lipinski definition) is 2. The molecule has 1 atom stereocenters. The molecule has 0 saturated carbocycles. The largest absolute Gasteiger partial charge is 0.492 e. The highest BCUT2D eigenvalue weighted by molar-refractivity contribution is 5.89. The SMILES string of the molecule is CCOC(Cc1ccc(OCCN(CCCOC(F)(F)C(F)(F)F)C(=O)Nc2cccc(C(F)(F)F)c2)cc1)C(=O)O. The van der Waals surface area contributed by atoms with Crippen molar-refractivity contribution in [1.82, 2.24) is 4.90 Å². The first kappa shape index (κ1) is 34.5. The van der Waals surface area contributed by atoms with Gasteiger partial charge >= 0.3 is 30.5 Å². The van der Waals surface area contributed by atoms with Crippen LogP contribution in [0.2, 0.25) is 0 Å². The number of carbonyl (C=O) groups is 2. The van der Waals surface area contributed by atoms with Gasteiger partial charge in [0.1, 0.15) is 12.4 Å². The molecule has 2 rings (SSSR count). The van der Waals surface area contributed by atoms with E-state index in [1.165, 1.54) is 18.2 Å². The molecule has 2 amide bonds. The summed E-state index contributed by atoms with van der Waals surface area (Å²) in [6.07, 6.45) is -17.5. The van der Waals surface area contributed by atoms with Crippen molar-refractivity contribution < 1.29 is 64.0 Å². The quantitative estimate of drug-likeness (QED) is 0.183. The highest BCUT2D eigenvalue weighted by Gasteiger charge is 2.59. The van der Waals surface area contributed by atoms with Crippen LogP contribution in [0.1, 0.15) is 24.5 Å². The van der Waals surface area contributed by atoms with Gasteiger partial charge in [0.25, 0.3) is 0 Å². The number of nitrogens with one attached hydrogen (secondary N) is 1. The Balaban J connectivity index is 2.03. The van der Waals surface area contributed by atoms with Crippen LogP contribution in [0.3, 0.4) is 0 Å². The average molecular weight is 617 g/mol. The Morgan fingerprint density at radius 3 is 2.19 bits per heavy atom. The Kier molecular flexibility index (Phi) is 12.3. The third-order valence-corrected chi connectivity index (χ3v) is 5.53. The number of urea groups is 1. The molecule has 234 valence electrons. The van der Waals surface area contributed by atoms with E-state index < -0.39 is 61.7 Å². The van der Waals surface area contributed by atoms with Crippen molar-refractivity contribution in [2.24, 2.45) is 0 Å². The zero-order chi connectivity index (χ0) is 31.6. The van der Waals surface area contributed by atoms with Crippen LogP contribution >= 0.6 is 0 Å². The molecule has 0 heterocycles. The number of nitrogens with zero attached hydrogens (tertiary/aromatic N) is 1. The van der Waals surface area contributed by atoms with Gasteiger partial charge in [0.15, 0.2) is 6.10 Å². The normalized spacial score (nSPS) is 13.0. The number of carbonyl (C=O) groups excluding carboxylic acids is 1. The van der Waals surface area contributed by atoms with Crippen LogP contribution in [-0.4, -0.2) is 73.3 Å². The number of ether oxygens (including phenoxy) is 3. The van der Waals surface area contributed by atoms with Crippen LogP contribution in [0.4, 0.5) is 45.6 Å². The second kappa shape index (κ2) is 15.0. The second-order valence-electron chi connectivity index (χ2n) is 8.69. The number of hydrogen-bond acceptors (Lipinski definition) is 5. The van der Waals surface area contributed by atoms with Gasteiger partial charge in [-0.2, -0.15) is 35.1 Å². The lowest BCUT2D eigenvalue weighted by Crippen LogP contribution is -2.41. The molecular formula is C26H28F8N2O6. The summed E-state index contributed by atoms with van der Waals surface area (Å²) in [5.41, 5.74) is -0.652. The number of aliphatic carboxylic acids is 1. The Morgan fingerprint density at radius 1 is 0.952 bits per heavy atom. The number of halogens is 8.